The molecule has 0 amide bonds. The summed E-state index contributed by atoms with van der Waals surface area (Å²) in [6.07, 6.45) is 1.64. The molecule has 0 unspecified atom stereocenters. The molecule has 0 spiro atoms. The zero-order valence-corrected chi connectivity index (χ0v) is 13.7. The lowest BCUT2D eigenvalue weighted by Crippen LogP contribution is -2.47. The second kappa shape index (κ2) is 6.80. The van der Waals surface area contributed by atoms with Crippen LogP contribution in [0.2, 0.25) is 0 Å². The van der Waals surface area contributed by atoms with Crippen molar-refractivity contribution in [3.05, 3.63) is 17.9 Å². The number of rotatable bonds is 5. The van der Waals surface area contributed by atoms with Crippen LogP contribution in [0.4, 0.5) is 4.39 Å². The van der Waals surface area contributed by atoms with Gasteiger partial charge in [-0.2, -0.15) is 4.31 Å². The summed E-state index contributed by atoms with van der Waals surface area (Å²) in [6.45, 7) is 0.709. The molecule has 1 aromatic rings. The molecule has 0 bridgehead atoms. The number of hydrogen-bond acceptors (Lipinski definition) is 5. The van der Waals surface area contributed by atoms with Crippen molar-refractivity contribution >= 4 is 10.0 Å². The fourth-order valence-corrected chi connectivity index (χ4v) is 4.15. The summed E-state index contributed by atoms with van der Waals surface area (Å²) < 4.78 is 51.0. The summed E-state index contributed by atoms with van der Waals surface area (Å²) in [5.74, 6) is -0.500. The van der Waals surface area contributed by atoms with E-state index in [9.17, 15) is 12.8 Å². The van der Waals surface area contributed by atoms with E-state index in [4.69, 9.17) is 9.47 Å². The van der Waals surface area contributed by atoms with Crippen molar-refractivity contribution in [2.45, 2.75) is 23.8 Å². The van der Waals surface area contributed by atoms with Crippen molar-refractivity contribution in [2.75, 3.05) is 34.4 Å². The highest BCUT2D eigenvalue weighted by Gasteiger charge is 2.32. The Morgan fingerprint density at radius 1 is 1.27 bits per heavy atom. The van der Waals surface area contributed by atoms with Crippen molar-refractivity contribution in [1.29, 1.82) is 0 Å². The van der Waals surface area contributed by atoms with Gasteiger partial charge in [0.1, 0.15) is 10.7 Å². The van der Waals surface area contributed by atoms with Crippen LogP contribution in [0.5, 0.6) is 11.5 Å². The van der Waals surface area contributed by atoms with Crippen LogP contribution in [-0.4, -0.2) is 53.1 Å². The van der Waals surface area contributed by atoms with Crippen molar-refractivity contribution in [3.63, 3.8) is 0 Å². The van der Waals surface area contributed by atoms with Crippen LogP contribution in [0.25, 0.3) is 0 Å². The first-order valence-electron chi connectivity index (χ1n) is 7.03. The minimum absolute atomic E-state index is 0.0757. The van der Waals surface area contributed by atoms with Gasteiger partial charge in [0.05, 0.1) is 14.2 Å². The van der Waals surface area contributed by atoms with Crippen molar-refractivity contribution in [2.24, 2.45) is 0 Å². The topological polar surface area (TPSA) is 67.9 Å². The number of methoxy groups -OCH3 is 2. The van der Waals surface area contributed by atoms with E-state index in [0.29, 0.717) is 13.1 Å². The Labute approximate surface area is 130 Å². The van der Waals surface area contributed by atoms with E-state index in [1.54, 1.807) is 7.05 Å². The largest absolute Gasteiger partial charge is 0.493 e. The number of hydrogen-bond donors (Lipinski definition) is 1. The van der Waals surface area contributed by atoms with Crippen LogP contribution in [0.15, 0.2) is 17.0 Å². The zero-order valence-electron chi connectivity index (χ0n) is 12.9. The van der Waals surface area contributed by atoms with Gasteiger partial charge in [-0.15, -0.1) is 0 Å². The average Bonchev–Trinajstić information content (AvgIpc) is 2.54. The molecule has 0 radical (unpaired) electrons. The number of nitrogens with one attached hydrogen (secondary N) is 1. The number of piperidine rings is 1. The smallest absolute Gasteiger partial charge is 0.246 e. The van der Waals surface area contributed by atoms with E-state index < -0.39 is 15.8 Å². The van der Waals surface area contributed by atoms with Gasteiger partial charge in [0.15, 0.2) is 11.5 Å². The van der Waals surface area contributed by atoms with Gasteiger partial charge in [0, 0.05) is 31.3 Å². The predicted molar refractivity (Wildman–Crippen MR) is 80.3 cm³/mol. The molecule has 1 saturated heterocycles. The molecule has 1 atom stereocenters. The molecular weight excluding hydrogens is 311 g/mol. The number of halogens is 1. The molecule has 0 aliphatic carbocycles. The van der Waals surface area contributed by atoms with Crippen LogP contribution in [-0.2, 0) is 10.0 Å². The second-order valence-corrected chi connectivity index (χ2v) is 7.03. The molecule has 0 aromatic heterocycles. The second-order valence-electron chi connectivity index (χ2n) is 5.13. The first-order chi connectivity index (χ1) is 10.4. The van der Waals surface area contributed by atoms with Crippen LogP contribution >= 0.6 is 0 Å². The summed E-state index contributed by atoms with van der Waals surface area (Å²) >= 11 is 0. The predicted octanol–water partition coefficient (Wildman–Crippen LogP) is 1.22. The third-order valence-electron chi connectivity index (χ3n) is 3.85. The molecule has 2 rings (SSSR count). The van der Waals surface area contributed by atoms with Gasteiger partial charge in [0.2, 0.25) is 10.0 Å². The van der Waals surface area contributed by atoms with Gasteiger partial charge >= 0.3 is 0 Å². The Hall–Kier alpha value is -1.38. The molecule has 1 aromatic carbocycles. The van der Waals surface area contributed by atoms with E-state index in [1.165, 1.54) is 24.6 Å². The molecule has 1 N–H and O–H groups in total. The number of ether oxygens (including phenoxy) is 2. The third kappa shape index (κ3) is 3.18. The lowest BCUT2D eigenvalue weighted by molar-refractivity contribution is 0.291. The molecule has 6 nitrogen and oxygen atoms in total. The number of sulfonamides is 1. The Morgan fingerprint density at radius 2 is 1.91 bits per heavy atom. The summed E-state index contributed by atoms with van der Waals surface area (Å²) in [4.78, 5) is -0.387. The molecule has 8 heteroatoms. The summed E-state index contributed by atoms with van der Waals surface area (Å²) in [5, 5.41) is 3.07. The molecule has 1 aliphatic rings. The molecule has 22 heavy (non-hydrogen) atoms. The lowest BCUT2D eigenvalue weighted by atomic mass is 10.1. The fraction of sp³-hybridized carbons (Fsp3) is 0.571. The van der Waals surface area contributed by atoms with Crippen LogP contribution < -0.4 is 14.8 Å². The number of likely N-dealkylation sites (N-methyl/N-ethyl adjacent to an activating group) is 1. The van der Waals surface area contributed by atoms with E-state index in [0.717, 1.165) is 18.9 Å². The van der Waals surface area contributed by atoms with Gasteiger partial charge in [-0.25, -0.2) is 12.8 Å². The van der Waals surface area contributed by atoms with Gasteiger partial charge < -0.3 is 14.8 Å². The summed E-state index contributed by atoms with van der Waals surface area (Å²) in [6, 6.07) is 2.28. The van der Waals surface area contributed by atoms with Crippen molar-refractivity contribution in [3.8, 4) is 11.5 Å². The van der Waals surface area contributed by atoms with Gasteiger partial charge in [-0.05, 0) is 19.9 Å². The maximum atomic E-state index is 14.2. The Bertz CT molecular complexity index is 636. The highest BCUT2D eigenvalue weighted by molar-refractivity contribution is 7.89. The molecule has 1 fully saturated rings. The van der Waals surface area contributed by atoms with E-state index in [2.05, 4.69) is 5.32 Å². The molecular formula is C14H21FN2O4S. The van der Waals surface area contributed by atoms with E-state index >= 15 is 0 Å². The average molecular weight is 332 g/mol. The first kappa shape index (κ1) is 17.0. The van der Waals surface area contributed by atoms with Gasteiger partial charge in [-0.3, -0.25) is 0 Å². The standard InChI is InChI=1S/C14H21FN2O4S/c1-16-10-5-4-6-17(9-10)22(18,19)14-8-13(21-3)12(20-2)7-11(14)15/h7-8,10,16H,4-6,9H2,1-3H3/t10-/m1/s1. The van der Waals surface area contributed by atoms with Gasteiger partial charge in [-0.1, -0.05) is 0 Å². The quantitative estimate of drug-likeness (QED) is 0.878. The highest BCUT2D eigenvalue weighted by Crippen LogP contribution is 2.33. The van der Waals surface area contributed by atoms with E-state index in [-0.39, 0.29) is 22.4 Å². The zero-order chi connectivity index (χ0) is 16.3. The Kier molecular flexibility index (Phi) is 5.25. The van der Waals surface area contributed by atoms with Gasteiger partial charge in [0.25, 0.3) is 0 Å². The maximum absolute atomic E-state index is 14.2. The normalized spacial score (nSPS) is 19.9. The summed E-state index contributed by atoms with van der Waals surface area (Å²) in [5.41, 5.74) is 0. The SMILES string of the molecule is CN[C@@H]1CCCN(S(=O)(=O)c2cc(OC)c(OC)cc2F)C1. The van der Waals surface area contributed by atoms with Crippen LogP contribution in [0, 0.1) is 5.82 Å². The monoisotopic (exact) mass is 332 g/mol. The minimum atomic E-state index is -3.91. The lowest BCUT2D eigenvalue weighted by Gasteiger charge is -2.31. The van der Waals surface area contributed by atoms with Crippen molar-refractivity contribution < 1.29 is 22.3 Å². The molecule has 1 aliphatic heterocycles. The molecule has 124 valence electrons. The molecule has 1 heterocycles. The first-order valence-corrected chi connectivity index (χ1v) is 8.47. The highest BCUT2D eigenvalue weighted by atomic mass is 32.2. The minimum Gasteiger partial charge on any atom is -0.493 e. The number of benzene rings is 1. The maximum Gasteiger partial charge on any atom is 0.246 e. The number of nitrogens with zero attached hydrogens (tertiary/aromatic N) is 1. The Morgan fingerprint density at radius 3 is 2.50 bits per heavy atom. The molecule has 0 saturated carbocycles. The third-order valence-corrected chi connectivity index (χ3v) is 5.73. The van der Waals surface area contributed by atoms with Crippen LogP contribution in [0.1, 0.15) is 12.8 Å². The van der Waals surface area contributed by atoms with Crippen LogP contribution in [0.3, 0.4) is 0 Å². The fourth-order valence-electron chi connectivity index (χ4n) is 2.57. The summed E-state index contributed by atoms with van der Waals surface area (Å²) in [7, 11) is 0.627. The van der Waals surface area contributed by atoms with Crippen molar-refractivity contribution in [1.82, 2.24) is 9.62 Å². The van der Waals surface area contributed by atoms with E-state index in [1.807, 2.05) is 0 Å². The Balaban J connectivity index is 2.40.